The fourth-order valence-electron chi connectivity index (χ4n) is 2.96. The molecular formula is C23H28N4O5. The molecule has 0 aliphatic carbocycles. The van der Waals surface area contributed by atoms with Crippen molar-refractivity contribution in [2.75, 3.05) is 6.54 Å². The third-order valence-electron chi connectivity index (χ3n) is 4.67. The van der Waals surface area contributed by atoms with Crippen LogP contribution in [0.1, 0.15) is 18.1 Å². The average Bonchev–Trinajstić information content (AvgIpc) is 2.77. The molecular weight excluding hydrogens is 412 g/mol. The Morgan fingerprint density at radius 2 is 1.31 bits per heavy atom. The number of carbonyl (C=O) groups is 4. The molecule has 2 aromatic carbocycles. The van der Waals surface area contributed by atoms with Gasteiger partial charge in [0.15, 0.2) is 0 Å². The summed E-state index contributed by atoms with van der Waals surface area (Å²) in [6.45, 7) is 1.13. The lowest BCUT2D eigenvalue weighted by atomic mass is 10.0. The van der Waals surface area contributed by atoms with Crippen molar-refractivity contribution in [2.45, 2.75) is 37.9 Å². The van der Waals surface area contributed by atoms with Gasteiger partial charge < -0.3 is 26.8 Å². The third-order valence-corrected chi connectivity index (χ3v) is 4.67. The highest BCUT2D eigenvalue weighted by molar-refractivity contribution is 5.92. The molecule has 3 amide bonds. The summed E-state index contributed by atoms with van der Waals surface area (Å²) in [7, 11) is 0. The number of carboxylic acids is 1. The van der Waals surface area contributed by atoms with E-state index in [1.54, 1.807) is 48.5 Å². The number of benzene rings is 2. The lowest BCUT2D eigenvalue weighted by Crippen LogP contribution is -2.54. The molecule has 0 bridgehead atoms. The Morgan fingerprint density at radius 1 is 0.812 bits per heavy atom. The molecule has 32 heavy (non-hydrogen) atoms. The summed E-state index contributed by atoms with van der Waals surface area (Å²) in [5, 5.41) is 17.0. The van der Waals surface area contributed by atoms with Gasteiger partial charge in [0.1, 0.15) is 12.1 Å². The summed E-state index contributed by atoms with van der Waals surface area (Å²) in [5.41, 5.74) is 6.99. The second-order valence-corrected chi connectivity index (χ2v) is 7.41. The molecule has 0 heterocycles. The van der Waals surface area contributed by atoms with Crippen LogP contribution in [0.2, 0.25) is 0 Å². The molecule has 0 aliphatic rings. The van der Waals surface area contributed by atoms with E-state index in [1.807, 2.05) is 12.1 Å². The minimum atomic E-state index is -1.18. The average molecular weight is 441 g/mol. The van der Waals surface area contributed by atoms with Gasteiger partial charge in [0.2, 0.25) is 17.7 Å². The lowest BCUT2D eigenvalue weighted by molar-refractivity contribution is -0.142. The van der Waals surface area contributed by atoms with Crippen LogP contribution in [0.15, 0.2) is 60.7 Å². The van der Waals surface area contributed by atoms with E-state index in [2.05, 4.69) is 16.0 Å². The highest BCUT2D eigenvalue weighted by Gasteiger charge is 2.27. The molecule has 9 nitrogen and oxygen atoms in total. The smallest absolute Gasteiger partial charge is 0.326 e. The van der Waals surface area contributed by atoms with E-state index in [4.69, 9.17) is 5.73 Å². The number of hydrogen-bond acceptors (Lipinski definition) is 5. The van der Waals surface area contributed by atoms with Gasteiger partial charge >= 0.3 is 5.97 Å². The molecule has 0 radical (unpaired) electrons. The zero-order valence-corrected chi connectivity index (χ0v) is 17.8. The number of aliphatic carboxylic acids is 1. The quantitative estimate of drug-likeness (QED) is 0.332. The fourth-order valence-corrected chi connectivity index (χ4v) is 2.96. The Bertz CT molecular complexity index is 918. The zero-order valence-electron chi connectivity index (χ0n) is 17.8. The molecule has 3 unspecified atom stereocenters. The topological polar surface area (TPSA) is 151 Å². The van der Waals surface area contributed by atoms with Gasteiger partial charge in [-0.15, -0.1) is 0 Å². The van der Waals surface area contributed by atoms with E-state index in [0.29, 0.717) is 0 Å². The molecule has 170 valence electrons. The van der Waals surface area contributed by atoms with Crippen molar-refractivity contribution in [1.29, 1.82) is 0 Å². The second-order valence-electron chi connectivity index (χ2n) is 7.41. The molecule has 0 spiro atoms. The van der Waals surface area contributed by atoms with Crippen molar-refractivity contribution < 1.29 is 24.3 Å². The van der Waals surface area contributed by atoms with E-state index in [-0.39, 0.29) is 19.4 Å². The van der Waals surface area contributed by atoms with Crippen molar-refractivity contribution in [1.82, 2.24) is 16.0 Å². The predicted molar refractivity (Wildman–Crippen MR) is 118 cm³/mol. The van der Waals surface area contributed by atoms with Gasteiger partial charge in [0.25, 0.3) is 0 Å². The van der Waals surface area contributed by atoms with Gasteiger partial charge in [-0.05, 0) is 18.1 Å². The lowest BCUT2D eigenvalue weighted by Gasteiger charge is -2.22. The maximum atomic E-state index is 12.9. The van der Waals surface area contributed by atoms with Crippen molar-refractivity contribution >= 4 is 23.7 Å². The maximum Gasteiger partial charge on any atom is 0.326 e. The summed E-state index contributed by atoms with van der Waals surface area (Å²) >= 11 is 0. The number of amides is 3. The van der Waals surface area contributed by atoms with Crippen LogP contribution in [-0.2, 0) is 32.0 Å². The number of nitrogens with two attached hydrogens (primary N) is 1. The molecule has 0 fully saturated rings. The first-order chi connectivity index (χ1) is 15.3. The van der Waals surface area contributed by atoms with Crippen molar-refractivity contribution in [3.63, 3.8) is 0 Å². The summed E-state index contributed by atoms with van der Waals surface area (Å²) < 4.78 is 0. The highest BCUT2D eigenvalue weighted by Crippen LogP contribution is 2.07. The zero-order chi connectivity index (χ0) is 23.5. The van der Waals surface area contributed by atoms with Crippen molar-refractivity contribution in [2.24, 2.45) is 5.73 Å². The Labute approximate surface area is 186 Å². The van der Waals surface area contributed by atoms with Crippen LogP contribution in [0.3, 0.4) is 0 Å². The van der Waals surface area contributed by atoms with Crippen LogP contribution < -0.4 is 21.7 Å². The standard InChI is InChI=1S/C23H28N4O5/c1-15(24)21(29)25-14-20(28)26-18(12-16-8-4-2-5-9-16)22(30)27-19(23(31)32)13-17-10-6-3-7-11-17/h2-11,15,18-19H,12-14,24H2,1H3,(H,25,29)(H,26,28)(H,27,30)(H,31,32). The van der Waals surface area contributed by atoms with Crippen molar-refractivity contribution in [3.8, 4) is 0 Å². The van der Waals surface area contributed by atoms with Gasteiger partial charge in [0.05, 0.1) is 12.6 Å². The Hall–Kier alpha value is -3.72. The van der Waals surface area contributed by atoms with Crippen LogP contribution in [0.25, 0.3) is 0 Å². The number of carboxylic acid groups (broad SMARTS) is 1. The number of hydrogen-bond donors (Lipinski definition) is 5. The number of carbonyl (C=O) groups excluding carboxylic acids is 3. The van der Waals surface area contributed by atoms with Crippen LogP contribution in [0.5, 0.6) is 0 Å². The van der Waals surface area contributed by atoms with Gasteiger partial charge in [-0.1, -0.05) is 60.7 Å². The van der Waals surface area contributed by atoms with Gasteiger partial charge in [0, 0.05) is 12.8 Å². The maximum absolute atomic E-state index is 12.9. The molecule has 2 rings (SSSR count). The van der Waals surface area contributed by atoms with Gasteiger partial charge in [-0.25, -0.2) is 4.79 Å². The summed E-state index contributed by atoms with van der Waals surface area (Å²) in [6.07, 6.45) is 0.246. The van der Waals surface area contributed by atoms with E-state index in [0.717, 1.165) is 11.1 Å². The monoisotopic (exact) mass is 440 g/mol. The van der Waals surface area contributed by atoms with Crippen LogP contribution in [0, 0.1) is 0 Å². The van der Waals surface area contributed by atoms with Gasteiger partial charge in [-0.2, -0.15) is 0 Å². The SMILES string of the molecule is CC(N)C(=O)NCC(=O)NC(Cc1ccccc1)C(=O)NC(Cc1ccccc1)C(=O)O. The Balaban J connectivity index is 2.10. The van der Waals surface area contributed by atoms with E-state index >= 15 is 0 Å². The molecule has 0 saturated heterocycles. The molecule has 2 aromatic rings. The van der Waals surface area contributed by atoms with E-state index in [1.165, 1.54) is 6.92 Å². The minimum absolute atomic E-state index is 0.0956. The van der Waals surface area contributed by atoms with E-state index < -0.39 is 41.8 Å². The minimum Gasteiger partial charge on any atom is -0.480 e. The van der Waals surface area contributed by atoms with Crippen LogP contribution in [0.4, 0.5) is 0 Å². The largest absolute Gasteiger partial charge is 0.480 e. The fraction of sp³-hybridized carbons (Fsp3) is 0.304. The first kappa shape index (κ1) is 24.5. The predicted octanol–water partition coefficient (Wildman–Crippen LogP) is -0.0106. The molecule has 0 aliphatic heterocycles. The summed E-state index contributed by atoms with van der Waals surface area (Å²) in [5.74, 6) is -2.91. The summed E-state index contributed by atoms with van der Waals surface area (Å²) in [4.78, 5) is 48.6. The Kier molecular flexibility index (Phi) is 9.37. The normalized spacial score (nSPS) is 13.3. The molecule has 0 saturated carbocycles. The molecule has 0 aromatic heterocycles. The first-order valence-corrected chi connectivity index (χ1v) is 10.2. The third kappa shape index (κ3) is 8.19. The Morgan fingerprint density at radius 3 is 1.78 bits per heavy atom. The van der Waals surface area contributed by atoms with Crippen LogP contribution >= 0.6 is 0 Å². The van der Waals surface area contributed by atoms with Crippen LogP contribution in [-0.4, -0.2) is 53.5 Å². The van der Waals surface area contributed by atoms with Crippen molar-refractivity contribution in [3.05, 3.63) is 71.8 Å². The molecule has 9 heteroatoms. The second kappa shape index (κ2) is 12.2. The van der Waals surface area contributed by atoms with Gasteiger partial charge in [-0.3, -0.25) is 14.4 Å². The molecule has 3 atom stereocenters. The first-order valence-electron chi connectivity index (χ1n) is 10.2. The van der Waals surface area contributed by atoms with E-state index in [9.17, 15) is 24.3 Å². The highest BCUT2D eigenvalue weighted by atomic mass is 16.4. The number of rotatable bonds is 11. The summed E-state index contributed by atoms with van der Waals surface area (Å²) in [6, 6.07) is 14.9. The molecule has 6 N–H and O–H groups in total. The number of nitrogens with one attached hydrogen (secondary N) is 3.